The van der Waals surface area contributed by atoms with Crippen LogP contribution in [-0.2, 0) is 33.3 Å². The topological polar surface area (TPSA) is 155 Å². The predicted molar refractivity (Wildman–Crippen MR) is 113 cm³/mol. The molecule has 0 aliphatic heterocycles. The molecule has 0 aromatic heterocycles. The van der Waals surface area contributed by atoms with E-state index in [9.17, 15) is 14.4 Å². The Kier molecular flexibility index (Phi) is 12.2. The molecule has 0 aromatic carbocycles. The van der Waals surface area contributed by atoms with E-state index in [1.54, 1.807) is 20.8 Å². The molecule has 0 spiro atoms. The lowest BCUT2D eigenvalue weighted by Crippen LogP contribution is -2.54. The van der Waals surface area contributed by atoms with E-state index in [1.807, 2.05) is 20.8 Å². The van der Waals surface area contributed by atoms with Crippen molar-refractivity contribution in [2.45, 2.75) is 78.0 Å². The largest absolute Gasteiger partial charge is 0.481 e. The maximum absolute atomic E-state index is 11.8. The molecule has 2 atom stereocenters. The minimum Gasteiger partial charge on any atom is -0.481 e. The highest BCUT2D eigenvalue weighted by atomic mass is 16.6. The van der Waals surface area contributed by atoms with E-state index in [0.717, 1.165) is 0 Å². The van der Waals surface area contributed by atoms with Crippen LogP contribution in [0, 0.1) is 5.41 Å². The molecule has 0 saturated heterocycles. The summed E-state index contributed by atoms with van der Waals surface area (Å²) in [5.74, 6) is -2.39. The molecule has 4 N–H and O–H groups in total. The third-order valence-electron chi connectivity index (χ3n) is 4.01. The summed E-state index contributed by atoms with van der Waals surface area (Å²) in [5.41, 5.74) is 4.18. The Morgan fingerprint density at radius 2 is 1.35 bits per heavy atom. The highest BCUT2D eigenvalue weighted by Crippen LogP contribution is 2.26. The van der Waals surface area contributed by atoms with Crippen LogP contribution in [-0.4, -0.2) is 78.4 Å². The van der Waals surface area contributed by atoms with Gasteiger partial charge in [-0.3, -0.25) is 14.4 Å². The molecule has 0 aliphatic carbocycles. The number of esters is 1. The summed E-state index contributed by atoms with van der Waals surface area (Å²) >= 11 is 0. The van der Waals surface area contributed by atoms with Gasteiger partial charge in [0.25, 0.3) is 0 Å². The molecule has 10 heteroatoms. The summed E-state index contributed by atoms with van der Waals surface area (Å²) in [6.07, 6.45) is -0.940. The van der Waals surface area contributed by atoms with Crippen molar-refractivity contribution in [1.82, 2.24) is 0 Å². The molecule has 0 rings (SSSR count). The number of carboxylic acid groups (broad SMARTS) is 2. The van der Waals surface area contributed by atoms with Crippen molar-refractivity contribution in [3.05, 3.63) is 0 Å². The van der Waals surface area contributed by atoms with Crippen LogP contribution in [0.3, 0.4) is 0 Å². The van der Waals surface area contributed by atoms with Crippen molar-refractivity contribution in [3.8, 4) is 0 Å². The Balaban J connectivity index is 4.89. The van der Waals surface area contributed by atoms with Crippen molar-refractivity contribution < 1.29 is 43.5 Å². The molecule has 0 heterocycles. The number of hydrogen-bond acceptors (Lipinski definition) is 8. The fourth-order valence-corrected chi connectivity index (χ4v) is 2.42. The van der Waals surface area contributed by atoms with E-state index >= 15 is 0 Å². The van der Waals surface area contributed by atoms with Gasteiger partial charge in [0.2, 0.25) is 0 Å². The Morgan fingerprint density at radius 1 is 0.839 bits per heavy atom. The van der Waals surface area contributed by atoms with Crippen LogP contribution in [0.5, 0.6) is 0 Å². The molecule has 0 amide bonds. The average molecular weight is 450 g/mol. The number of carboxylic acids is 2. The minimum atomic E-state index is -1.16. The first-order chi connectivity index (χ1) is 14.0. The SMILES string of the molecule is CC(C)(C)OC(=O)CCOCC(N)(COCCC(=O)O)COC(CC(=O)O)C(C)(C)C. The van der Waals surface area contributed by atoms with Gasteiger partial charge in [0.05, 0.1) is 63.9 Å². The molecule has 0 saturated carbocycles. The molecule has 31 heavy (non-hydrogen) atoms. The Bertz CT molecular complexity index is 580. The standard InChI is InChI=1S/C21H39NO9/c1-19(2,3)15(11-17(25)26)30-14-21(22,12-28-9-7-16(23)24)13-29-10-8-18(27)31-20(4,5)6/h15H,7-14,22H2,1-6H3,(H,23,24)(H,25,26). The molecule has 0 fully saturated rings. The van der Waals surface area contributed by atoms with Crippen LogP contribution in [0.25, 0.3) is 0 Å². The first-order valence-electron chi connectivity index (χ1n) is 10.3. The van der Waals surface area contributed by atoms with Crippen molar-refractivity contribution >= 4 is 17.9 Å². The second-order valence-corrected chi connectivity index (χ2v) is 9.71. The maximum Gasteiger partial charge on any atom is 0.308 e. The van der Waals surface area contributed by atoms with E-state index in [4.69, 9.17) is 34.9 Å². The molecule has 0 aromatic rings. The van der Waals surface area contributed by atoms with Crippen molar-refractivity contribution in [1.29, 1.82) is 0 Å². The number of rotatable bonds is 15. The van der Waals surface area contributed by atoms with Gasteiger partial charge >= 0.3 is 17.9 Å². The van der Waals surface area contributed by atoms with Crippen LogP contribution in [0.15, 0.2) is 0 Å². The zero-order chi connectivity index (χ0) is 24.3. The van der Waals surface area contributed by atoms with E-state index in [1.165, 1.54) is 0 Å². The average Bonchev–Trinajstić information content (AvgIpc) is 2.57. The summed E-state index contributed by atoms with van der Waals surface area (Å²) in [5, 5.41) is 17.9. The number of nitrogens with two attached hydrogens (primary N) is 1. The fourth-order valence-electron chi connectivity index (χ4n) is 2.42. The van der Waals surface area contributed by atoms with Crippen LogP contribution in [0.2, 0.25) is 0 Å². The van der Waals surface area contributed by atoms with Crippen LogP contribution >= 0.6 is 0 Å². The summed E-state index contributed by atoms with van der Waals surface area (Å²) in [6, 6.07) is 0. The first kappa shape index (κ1) is 29.2. The number of carbonyl (C=O) groups excluding carboxylic acids is 1. The quantitative estimate of drug-likeness (QED) is 0.249. The van der Waals surface area contributed by atoms with Gasteiger partial charge in [-0.05, 0) is 26.2 Å². The van der Waals surface area contributed by atoms with E-state index in [2.05, 4.69) is 0 Å². The molecular formula is C21H39NO9. The fraction of sp³-hybridized carbons (Fsp3) is 0.857. The Labute approximate surface area is 184 Å². The van der Waals surface area contributed by atoms with Crippen molar-refractivity contribution in [2.24, 2.45) is 11.1 Å². The Hall–Kier alpha value is -1.75. The number of hydrogen-bond donors (Lipinski definition) is 3. The lowest BCUT2D eigenvalue weighted by Gasteiger charge is -2.35. The van der Waals surface area contributed by atoms with Gasteiger partial charge in [-0.15, -0.1) is 0 Å². The highest BCUT2D eigenvalue weighted by Gasteiger charge is 2.33. The molecule has 0 radical (unpaired) electrons. The molecule has 0 bridgehead atoms. The minimum absolute atomic E-state index is 0.0349. The van der Waals surface area contributed by atoms with Gasteiger partial charge < -0.3 is 34.9 Å². The zero-order valence-electron chi connectivity index (χ0n) is 19.6. The summed E-state index contributed by atoms with van der Waals surface area (Å²) in [6.45, 7) is 10.8. The molecule has 0 aliphatic rings. The Morgan fingerprint density at radius 3 is 1.77 bits per heavy atom. The number of ether oxygens (including phenoxy) is 4. The first-order valence-corrected chi connectivity index (χ1v) is 10.3. The van der Waals surface area contributed by atoms with Gasteiger partial charge in [0.1, 0.15) is 5.60 Å². The second kappa shape index (κ2) is 12.9. The number of aliphatic carboxylic acids is 2. The van der Waals surface area contributed by atoms with Gasteiger partial charge in [-0.25, -0.2) is 0 Å². The van der Waals surface area contributed by atoms with Crippen LogP contribution in [0.1, 0.15) is 60.8 Å². The normalized spacial score (nSPS) is 15.2. The lowest BCUT2D eigenvalue weighted by molar-refractivity contribution is -0.156. The van der Waals surface area contributed by atoms with Gasteiger partial charge in [-0.1, -0.05) is 20.8 Å². The summed E-state index contributed by atoms with van der Waals surface area (Å²) in [4.78, 5) is 33.6. The van der Waals surface area contributed by atoms with Gasteiger partial charge in [0, 0.05) is 0 Å². The zero-order valence-corrected chi connectivity index (χ0v) is 19.6. The van der Waals surface area contributed by atoms with Crippen LogP contribution in [0.4, 0.5) is 0 Å². The summed E-state index contributed by atoms with van der Waals surface area (Å²) in [7, 11) is 0. The number of carbonyl (C=O) groups is 3. The van der Waals surface area contributed by atoms with E-state index < -0.39 is 40.6 Å². The lowest BCUT2D eigenvalue weighted by atomic mass is 9.87. The molecule has 182 valence electrons. The molecular weight excluding hydrogens is 410 g/mol. The smallest absolute Gasteiger partial charge is 0.308 e. The van der Waals surface area contributed by atoms with Crippen molar-refractivity contribution in [3.63, 3.8) is 0 Å². The van der Waals surface area contributed by atoms with Gasteiger partial charge in [-0.2, -0.15) is 0 Å². The highest BCUT2D eigenvalue weighted by molar-refractivity contribution is 5.70. The molecule has 2 unspecified atom stereocenters. The third-order valence-corrected chi connectivity index (χ3v) is 4.01. The van der Waals surface area contributed by atoms with E-state index in [0.29, 0.717) is 0 Å². The van der Waals surface area contributed by atoms with Crippen LogP contribution < -0.4 is 5.73 Å². The third kappa shape index (κ3) is 15.7. The predicted octanol–water partition coefficient (Wildman–Crippen LogP) is 1.83. The van der Waals surface area contributed by atoms with Crippen molar-refractivity contribution in [2.75, 3.05) is 33.0 Å². The monoisotopic (exact) mass is 449 g/mol. The maximum atomic E-state index is 11.8. The summed E-state index contributed by atoms with van der Waals surface area (Å²) < 4.78 is 22.0. The second-order valence-electron chi connectivity index (χ2n) is 9.71. The van der Waals surface area contributed by atoms with E-state index in [-0.39, 0.29) is 52.3 Å². The van der Waals surface area contributed by atoms with Gasteiger partial charge in [0.15, 0.2) is 0 Å². The molecule has 10 nitrogen and oxygen atoms in total.